The van der Waals surface area contributed by atoms with Gasteiger partial charge in [0.05, 0.1) is 23.5 Å². The van der Waals surface area contributed by atoms with Gasteiger partial charge in [-0.15, -0.1) is 5.10 Å². The zero-order valence-corrected chi connectivity index (χ0v) is 16.3. The minimum atomic E-state index is -0.323. The summed E-state index contributed by atoms with van der Waals surface area (Å²) < 4.78 is 1.44. The van der Waals surface area contributed by atoms with Gasteiger partial charge >= 0.3 is 0 Å². The Morgan fingerprint density at radius 2 is 2.00 bits per heavy atom. The molecule has 0 aliphatic heterocycles. The highest BCUT2D eigenvalue weighted by Gasteiger charge is 2.16. The monoisotopic (exact) mass is 388 g/mol. The van der Waals surface area contributed by atoms with Gasteiger partial charge in [0.15, 0.2) is 5.82 Å². The average molecular weight is 388 g/mol. The molecule has 0 spiro atoms. The lowest BCUT2D eigenvalue weighted by molar-refractivity contribution is 0.0939. The molecule has 3 aromatic heterocycles. The summed E-state index contributed by atoms with van der Waals surface area (Å²) in [6.07, 6.45) is 6.29. The van der Waals surface area contributed by atoms with Crippen LogP contribution in [-0.2, 0) is 0 Å². The molecule has 1 aromatic carbocycles. The van der Waals surface area contributed by atoms with Gasteiger partial charge in [0.25, 0.3) is 11.5 Å². The summed E-state index contributed by atoms with van der Waals surface area (Å²) in [6, 6.07) is 7.06. The van der Waals surface area contributed by atoms with Crippen molar-refractivity contribution in [3.8, 4) is 11.4 Å². The van der Waals surface area contributed by atoms with Gasteiger partial charge in [-0.3, -0.25) is 19.6 Å². The molecular formula is C21H20N6O2. The van der Waals surface area contributed by atoms with Crippen LogP contribution >= 0.6 is 0 Å². The van der Waals surface area contributed by atoms with Crippen LogP contribution in [0.3, 0.4) is 0 Å². The minimum Gasteiger partial charge on any atom is -0.344 e. The van der Waals surface area contributed by atoms with Crippen molar-refractivity contribution < 1.29 is 4.79 Å². The van der Waals surface area contributed by atoms with Crippen LogP contribution in [0.2, 0.25) is 0 Å². The van der Waals surface area contributed by atoms with E-state index in [1.54, 1.807) is 24.8 Å². The van der Waals surface area contributed by atoms with Gasteiger partial charge in [0.2, 0.25) is 0 Å². The van der Waals surface area contributed by atoms with E-state index in [9.17, 15) is 9.59 Å². The number of carbonyl (C=O) groups is 1. The van der Waals surface area contributed by atoms with E-state index in [1.807, 2.05) is 39.0 Å². The highest BCUT2D eigenvalue weighted by molar-refractivity contribution is 5.95. The number of hydrogen-bond donors (Lipinski definition) is 2. The molecule has 29 heavy (non-hydrogen) atoms. The lowest BCUT2D eigenvalue weighted by Gasteiger charge is -2.11. The largest absolute Gasteiger partial charge is 0.344 e. The van der Waals surface area contributed by atoms with E-state index in [2.05, 4.69) is 25.4 Å². The number of rotatable bonds is 4. The first kappa shape index (κ1) is 18.5. The summed E-state index contributed by atoms with van der Waals surface area (Å²) >= 11 is 0. The summed E-state index contributed by atoms with van der Waals surface area (Å²) in [6.45, 7) is 5.85. The number of nitrogens with zero attached hydrogens (tertiary/aromatic N) is 4. The fourth-order valence-corrected chi connectivity index (χ4v) is 3.04. The number of aryl methyl sites for hydroxylation is 2. The Kier molecular flexibility index (Phi) is 4.67. The van der Waals surface area contributed by atoms with Gasteiger partial charge < -0.3 is 10.3 Å². The SMILES string of the molecule is Cc1ccc(-c2nn3cc(C(=O)N[C@@H](C)c4cnccn4)cc3c(=O)[nH]2)cc1C. The van der Waals surface area contributed by atoms with E-state index in [4.69, 9.17) is 0 Å². The number of H-pyrrole nitrogens is 1. The molecule has 8 nitrogen and oxygen atoms in total. The van der Waals surface area contributed by atoms with Crippen molar-refractivity contribution >= 4 is 11.4 Å². The van der Waals surface area contributed by atoms with Gasteiger partial charge in [-0.05, 0) is 44.0 Å². The molecule has 8 heteroatoms. The Labute approximate surface area is 166 Å². The molecule has 0 fully saturated rings. The van der Waals surface area contributed by atoms with E-state index in [0.717, 1.165) is 16.7 Å². The number of fused-ring (bicyclic) bond motifs is 1. The summed E-state index contributed by atoms with van der Waals surface area (Å²) in [5.41, 5.74) is 4.06. The van der Waals surface area contributed by atoms with Crippen LogP contribution in [0.1, 0.15) is 40.1 Å². The second-order valence-electron chi connectivity index (χ2n) is 6.99. The first-order valence-electron chi connectivity index (χ1n) is 9.19. The topological polar surface area (TPSA) is 105 Å². The van der Waals surface area contributed by atoms with E-state index in [0.29, 0.717) is 22.6 Å². The molecule has 0 aliphatic carbocycles. The van der Waals surface area contributed by atoms with Gasteiger partial charge in [0.1, 0.15) is 5.52 Å². The summed E-state index contributed by atoms with van der Waals surface area (Å²) in [7, 11) is 0. The maximum Gasteiger partial charge on any atom is 0.275 e. The molecule has 0 bridgehead atoms. The summed E-state index contributed by atoms with van der Waals surface area (Å²) in [5.74, 6) is 0.127. The highest BCUT2D eigenvalue weighted by atomic mass is 16.2. The number of hydrogen-bond acceptors (Lipinski definition) is 5. The molecule has 0 saturated carbocycles. The minimum absolute atomic E-state index is 0.301. The van der Waals surface area contributed by atoms with Crippen LogP contribution in [0, 0.1) is 13.8 Å². The summed E-state index contributed by atoms with van der Waals surface area (Å²) in [5, 5.41) is 7.33. The summed E-state index contributed by atoms with van der Waals surface area (Å²) in [4.78, 5) is 36.2. The third-order valence-corrected chi connectivity index (χ3v) is 4.89. The number of aromatic nitrogens is 5. The predicted molar refractivity (Wildman–Crippen MR) is 109 cm³/mol. The normalized spacial score (nSPS) is 12.1. The van der Waals surface area contributed by atoms with Gasteiger partial charge in [-0.25, -0.2) is 4.52 Å². The Morgan fingerprint density at radius 3 is 2.72 bits per heavy atom. The van der Waals surface area contributed by atoms with Crippen molar-refractivity contribution in [2.45, 2.75) is 26.8 Å². The number of benzene rings is 1. The predicted octanol–water partition coefficient (Wildman–Crippen LogP) is 2.59. The fraction of sp³-hybridized carbons (Fsp3) is 0.190. The number of amides is 1. The molecule has 1 atom stereocenters. The highest BCUT2D eigenvalue weighted by Crippen LogP contribution is 2.18. The first-order valence-corrected chi connectivity index (χ1v) is 9.19. The Hall–Kier alpha value is -3.81. The Bertz CT molecular complexity index is 1260. The van der Waals surface area contributed by atoms with Crippen molar-refractivity contribution in [3.05, 3.63) is 81.8 Å². The Morgan fingerprint density at radius 1 is 1.17 bits per heavy atom. The van der Waals surface area contributed by atoms with Crippen molar-refractivity contribution in [1.29, 1.82) is 0 Å². The van der Waals surface area contributed by atoms with Gasteiger partial charge in [-0.1, -0.05) is 12.1 Å². The standard InChI is InChI=1S/C21H20N6O2/c1-12-4-5-15(8-13(12)2)19-25-21(29)18-9-16(11-27(18)26-19)20(28)24-14(3)17-10-22-6-7-23-17/h4-11,14H,1-3H3,(H,24,28)(H,25,26,29)/t14-/m0/s1. The maximum atomic E-state index is 12.6. The molecule has 1 amide bonds. The van der Waals surface area contributed by atoms with Crippen LogP contribution in [0.25, 0.3) is 16.9 Å². The quantitative estimate of drug-likeness (QED) is 0.559. The average Bonchev–Trinajstić information content (AvgIpc) is 3.16. The second kappa shape index (κ2) is 7.31. The molecule has 4 aromatic rings. The van der Waals surface area contributed by atoms with Crippen LogP contribution in [0.4, 0.5) is 0 Å². The van der Waals surface area contributed by atoms with Crippen molar-refractivity contribution in [2.24, 2.45) is 0 Å². The van der Waals surface area contributed by atoms with E-state index < -0.39 is 0 Å². The van der Waals surface area contributed by atoms with Crippen molar-refractivity contribution in [1.82, 2.24) is 29.9 Å². The molecular weight excluding hydrogens is 368 g/mol. The fourth-order valence-electron chi connectivity index (χ4n) is 3.04. The van der Waals surface area contributed by atoms with Crippen LogP contribution in [0.15, 0.2) is 53.8 Å². The number of aromatic amines is 1. The smallest absolute Gasteiger partial charge is 0.275 e. The lowest BCUT2D eigenvalue weighted by atomic mass is 10.1. The third-order valence-electron chi connectivity index (χ3n) is 4.89. The van der Waals surface area contributed by atoms with E-state index in [1.165, 1.54) is 10.6 Å². The third kappa shape index (κ3) is 3.64. The first-order chi connectivity index (χ1) is 13.9. The maximum absolute atomic E-state index is 12.6. The van der Waals surface area contributed by atoms with Crippen molar-refractivity contribution in [2.75, 3.05) is 0 Å². The van der Waals surface area contributed by atoms with Gasteiger partial charge in [-0.2, -0.15) is 0 Å². The van der Waals surface area contributed by atoms with Crippen LogP contribution in [0.5, 0.6) is 0 Å². The number of nitrogens with one attached hydrogen (secondary N) is 2. The van der Waals surface area contributed by atoms with Crippen LogP contribution < -0.4 is 10.9 Å². The van der Waals surface area contributed by atoms with E-state index >= 15 is 0 Å². The molecule has 0 aliphatic rings. The van der Waals surface area contributed by atoms with Crippen molar-refractivity contribution in [3.63, 3.8) is 0 Å². The molecule has 0 saturated heterocycles. The molecule has 3 heterocycles. The Balaban J connectivity index is 1.65. The molecule has 4 rings (SSSR count). The zero-order valence-electron chi connectivity index (χ0n) is 16.3. The van der Waals surface area contributed by atoms with Crippen LogP contribution in [-0.4, -0.2) is 30.5 Å². The molecule has 2 N–H and O–H groups in total. The molecule has 0 radical (unpaired) electrons. The zero-order chi connectivity index (χ0) is 20.5. The number of carbonyl (C=O) groups excluding carboxylic acids is 1. The lowest BCUT2D eigenvalue weighted by Crippen LogP contribution is -2.27. The van der Waals surface area contributed by atoms with Gasteiger partial charge in [0, 0.05) is 24.2 Å². The molecule has 146 valence electrons. The molecule has 0 unspecified atom stereocenters. The second-order valence-corrected chi connectivity index (χ2v) is 6.99. The van der Waals surface area contributed by atoms with E-state index in [-0.39, 0.29) is 17.5 Å².